The highest BCUT2D eigenvalue weighted by atomic mass is 35.5. The fourth-order valence-corrected chi connectivity index (χ4v) is 4.98. The first-order valence-electron chi connectivity index (χ1n) is 9.66. The van der Waals surface area contributed by atoms with Crippen LogP contribution in [0.15, 0.2) is 24.3 Å². The molecule has 3 fully saturated rings. The monoisotopic (exact) mass is 377 g/mol. The molecule has 142 valence electrons. The van der Waals surface area contributed by atoms with E-state index in [1.807, 2.05) is 29.2 Å². The number of carbonyl (C=O) groups is 1. The summed E-state index contributed by atoms with van der Waals surface area (Å²) in [6, 6.07) is 7.81. The van der Waals surface area contributed by atoms with E-state index in [0.29, 0.717) is 6.54 Å². The van der Waals surface area contributed by atoms with Crippen LogP contribution in [-0.2, 0) is 11.2 Å². The zero-order valence-electron chi connectivity index (χ0n) is 15.1. The van der Waals surface area contributed by atoms with Crippen molar-refractivity contribution in [2.24, 2.45) is 10.8 Å². The number of nitrogens with zero attached hydrogens (tertiary/aromatic N) is 1. The van der Waals surface area contributed by atoms with Crippen LogP contribution in [0, 0.1) is 10.8 Å². The van der Waals surface area contributed by atoms with Crippen molar-refractivity contribution >= 4 is 17.5 Å². The number of hydrogen-bond donors (Lipinski definition) is 3. The lowest BCUT2D eigenvalue weighted by molar-refractivity contribution is -0.152. The van der Waals surface area contributed by atoms with E-state index in [9.17, 15) is 9.90 Å². The summed E-state index contributed by atoms with van der Waals surface area (Å²) >= 11 is 5.99. The molecule has 5 nitrogen and oxygen atoms in total. The Labute approximate surface area is 160 Å². The summed E-state index contributed by atoms with van der Waals surface area (Å²) < 4.78 is 0. The number of likely N-dealkylation sites (tertiary alicyclic amines) is 1. The fraction of sp³-hybridized carbons (Fsp3) is 0.650. The topological polar surface area (TPSA) is 64.6 Å². The van der Waals surface area contributed by atoms with Crippen LogP contribution in [0.4, 0.5) is 0 Å². The fourth-order valence-electron chi connectivity index (χ4n) is 4.86. The number of rotatable bonds is 3. The van der Waals surface area contributed by atoms with Gasteiger partial charge in [-0.1, -0.05) is 23.7 Å². The maximum absolute atomic E-state index is 13.5. The summed E-state index contributed by atoms with van der Waals surface area (Å²) in [7, 11) is 0. The van der Waals surface area contributed by atoms with Crippen LogP contribution in [0.3, 0.4) is 0 Å². The quantitative estimate of drug-likeness (QED) is 0.745. The highest BCUT2D eigenvalue weighted by molar-refractivity contribution is 6.30. The molecule has 1 spiro atoms. The van der Waals surface area contributed by atoms with Gasteiger partial charge in [-0.3, -0.25) is 4.79 Å². The molecule has 3 N–H and O–H groups in total. The SMILES string of the molecule is O=C(N1CCC[C@]2(CNCC[C@@H]2O)C1)C1(Cc2ccc(Cl)cc2)CNC1. The van der Waals surface area contributed by atoms with Gasteiger partial charge in [-0.15, -0.1) is 0 Å². The highest BCUT2D eigenvalue weighted by Gasteiger charge is 2.50. The largest absolute Gasteiger partial charge is 0.392 e. The Kier molecular flexibility index (Phi) is 4.99. The number of benzene rings is 1. The van der Waals surface area contributed by atoms with Crippen LogP contribution in [0.5, 0.6) is 0 Å². The predicted molar refractivity (Wildman–Crippen MR) is 102 cm³/mol. The van der Waals surface area contributed by atoms with Gasteiger partial charge in [0.05, 0.1) is 11.5 Å². The molecule has 0 unspecified atom stereocenters. The Balaban J connectivity index is 1.50. The molecule has 1 amide bonds. The van der Waals surface area contributed by atoms with Gasteiger partial charge in [0.2, 0.25) is 5.91 Å². The van der Waals surface area contributed by atoms with Crippen molar-refractivity contribution in [2.75, 3.05) is 39.3 Å². The molecule has 2 atom stereocenters. The Morgan fingerprint density at radius 2 is 2.00 bits per heavy atom. The molecule has 0 aromatic heterocycles. The number of carbonyl (C=O) groups excluding carboxylic acids is 1. The Morgan fingerprint density at radius 1 is 1.23 bits per heavy atom. The van der Waals surface area contributed by atoms with Gasteiger partial charge in [0.15, 0.2) is 0 Å². The number of piperidine rings is 2. The zero-order chi connectivity index (χ0) is 18.2. The van der Waals surface area contributed by atoms with Crippen molar-refractivity contribution in [3.05, 3.63) is 34.9 Å². The predicted octanol–water partition coefficient (Wildman–Crippen LogP) is 1.44. The maximum Gasteiger partial charge on any atom is 0.231 e. The average Bonchev–Trinajstić information content (AvgIpc) is 2.62. The molecule has 3 aliphatic rings. The number of nitrogens with one attached hydrogen (secondary N) is 2. The molecule has 1 aromatic carbocycles. The number of hydrogen-bond acceptors (Lipinski definition) is 4. The summed E-state index contributed by atoms with van der Waals surface area (Å²) in [5.41, 5.74) is 0.611. The lowest BCUT2D eigenvalue weighted by atomic mass is 9.70. The van der Waals surface area contributed by atoms with Crippen LogP contribution < -0.4 is 10.6 Å². The number of aliphatic hydroxyl groups is 1. The summed E-state index contributed by atoms with van der Waals surface area (Å²) in [5, 5.41) is 18.1. The maximum atomic E-state index is 13.5. The molecule has 0 saturated carbocycles. The first kappa shape index (κ1) is 18.2. The van der Waals surface area contributed by atoms with Crippen LogP contribution in [0.2, 0.25) is 5.02 Å². The highest BCUT2D eigenvalue weighted by Crippen LogP contribution is 2.39. The van der Waals surface area contributed by atoms with E-state index in [4.69, 9.17) is 11.6 Å². The minimum Gasteiger partial charge on any atom is -0.392 e. The Morgan fingerprint density at radius 3 is 2.65 bits per heavy atom. The van der Waals surface area contributed by atoms with E-state index in [2.05, 4.69) is 10.6 Å². The van der Waals surface area contributed by atoms with Crippen molar-refractivity contribution in [2.45, 2.75) is 31.8 Å². The molecule has 0 aliphatic carbocycles. The van der Waals surface area contributed by atoms with E-state index in [0.717, 1.165) is 69.0 Å². The smallest absolute Gasteiger partial charge is 0.231 e. The van der Waals surface area contributed by atoms with Crippen LogP contribution in [-0.4, -0.2) is 61.3 Å². The number of aliphatic hydroxyl groups excluding tert-OH is 1. The van der Waals surface area contributed by atoms with Crippen molar-refractivity contribution < 1.29 is 9.90 Å². The van der Waals surface area contributed by atoms with E-state index < -0.39 is 0 Å². The van der Waals surface area contributed by atoms with Gasteiger partial charge >= 0.3 is 0 Å². The Hall–Kier alpha value is -1.14. The molecular weight excluding hydrogens is 350 g/mol. The summed E-state index contributed by atoms with van der Waals surface area (Å²) in [6.45, 7) is 4.58. The van der Waals surface area contributed by atoms with Crippen molar-refractivity contribution in [3.8, 4) is 0 Å². The van der Waals surface area contributed by atoms with Crippen molar-refractivity contribution in [1.29, 1.82) is 0 Å². The molecular formula is C20H28ClN3O2. The molecule has 3 heterocycles. The lowest BCUT2D eigenvalue weighted by Gasteiger charge is -2.51. The summed E-state index contributed by atoms with van der Waals surface area (Å²) in [4.78, 5) is 15.5. The zero-order valence-corrected chi connectivity index (χ0v) is 15.9. The third-order valence-corrected chi connectivity index (χ3v) is 6.76. The number of halogens is 1. The Bertz CT molecular complexity index is 658. The average molecular weight is 378 g/mol. The molecule has 3 saturated heterocycles. The van der Waals surface area contributed by atoms with Crippen molar-refractivity contribution in [3.63, 3.8) is 0 Å². The third-order valence-electron chi connectivity index (χ3n) is 6.51. The molecule has 4 rings (SSSR count). The second-order valence-electron chi connectivity index (χ2n) is 8.36. The lowest BCUT2D eigenvalue weighted by Crippen LogP contribution is -2.66. The van der Waals surface area contributed by atoms with Crippen molar-refractivity contribution in [1.82, 2.24) is 15.5 Å². The third kappa shape index (κ3) is 3.26. The van der Waals surface area contributed by atoms with E-state index in [1.165, 1.54) is 0 Å². The molecule has 0 bridgehead atoms. The van der Waals surface area contributed by atoms with E-state index >= 15 is 0 Å². The molecule has 1 aromatic rings. The second kappa shape index (κ2) is 7.12. The first-order valence-corrected chi connectivity index (χ1v) is 10.0. The van der Waals surface area contributed by atoms with Gasteiger partial charge in [0.25, 0.3) is 0 Å². The van der Waals surface area contributed by atoms with E-state index in [-0.39, 0.29) is 22.8 Å². The summed E-state index contributed by atoms with van der Waals surface area (Å²) in [5.74, 6) is 0.239. The van der Waals surface area contributed by atoms with Gasteiger partial charge in [0, 0.05) is 43.2 Å². The van der Waals surface area contributed by atoms with Gasteiger partial charge < -0.3 is 20.6 Å². The molecule has 0 radical (unpaired) electrons. The van der Waals surface area contributed by atoms with Crippen LogP contribution in [0.1, 0.15) is 24.8 Å². The van der Waals surface area contributed by atoms with Crippen LogP contribution >= 0.6 is 11.6 Å². The van der Waals surface area contributed by atoms with Gasteiger partial charge in [0.1, 0.15) is 0 Å². The summed E-state index contributed by atoms with van der Waals surface area (Å²) in [6.07, 6.45) is 3.16. The minimum absolute atomic E-state index is 0.176. The normalized spacial score (nSPS) is 30.8. The number of amides is 1. The standard InChI is InChI=1S/C20H28ClN3O2/c21-16-4-2-15(3-5-16)10-20(12-23-13-20)18(26)24-9-1-7-19(14-24)11-22-8-6-17(19)25/h2-5,17,22-23,25H,1,6-14H2/t17-,19-/m0/s1. The molecule has 26 heavy (non-hydrogen) atoms. The van der Waals surface area contributed by atoms with Gasteiger partial charge in [-0.2, -0.15) is 0 Å². The second-order valence-corrected chi connectivity index (χ2v) is 8.80. The molecule has 3 aliphatic heterocycles. The minimum atomic E-state index is -0.362. The van der Waals surface area contributed by atoms with Gasteiger partial charge in [-0.25, -0.2) is 0 Å². The van der Waals surface area contributed by atoms with Gasteiger partial charge in [-0.05, 0) is 49.9 Å². The van der Waals surface area contributed by atoms with Crippen LogP contribution in [0.25, 0.3) is 0 Å². The van der Waals surface area contributed by atoms with E-state index in [1.54, 1.807) is 0 Å². The first-order chi connectivity index (χ1) is 12.5. The molecule has 6 heteroatoms.